The number of benzene rings is 1. The Balaban J connectivity index is 2.84. The largest absolute Gasteiger partial charge is 0.362 e. The summed E-state index contributed by atoms with van der Waals surface area (Å²) in [5.41, 5.74) is 0.412. The molecule has 0 radical (unpaired) electrons. The number of rotatable bonds is 8. The maximum atomic E-state index is 13.0. The van der Waals surface area contributed by atoms with Crippen molar-refractivity contribution in [3.63, 3.8) is 0 Å². The van der Waals surface area contributed by atoms with Crippen molar-refractivity contribution < 1.29 is 9.53 Å². The molecule has 0 aromatic heterocycles. The third kappa shape index (κ3) is 6.19. The van der Waals surface area contributed by atoms with Crippen molar-refractivity contribution in [1.82, 2.24) is 4.90 Å². The lowest BCUT2D eigenvalue weighted by Gasteiger charge is -2.41. The SMILES string of the molecule is C/C=C/CCCCC(OC)N(C(=O)c1ccccc1)C(C)(C)C. The summed E-state index contributed by atoms with van der Waals surface area (Å²) < 4.78 is 5.68. The number of unbranched alkanes of at least 4 members (excludes halogenated alkanes) is 2. The van der Waals surface area contributed by atoms with Crippen molar-refractivity contribution in [2.75, 3.05) is 7.11 Å². The fourth-order valence-corrected chi connectivity index (χ4v) is 2.69. The summed E-state index contributed by atoms with van der Waals surface area (Å²) in [6.45, 7) is 8.21. The number of amides is 1. The van der Waals surface area contributed by atoms with Crippen LogP contribution in [0.25, 0.3) is 0 Å². The maximum Gasteiger partial charge on any atom is 0.256 e. The molecular weight excluding hydrogens is 286 g/mol. The lowest BCUT2D eigenvalue weighted by atomic mass is 10.0. The molecule has 3 nitrogen and oxygen atoms in total. The molecule has 0 heterocycles. The molecule has 1 unspecified atom stereocenters. The van der Waals surface area contributed by atoms with E-state index in [1.165, 1.54) is 0 Å². The summed E-state index contributed by atoms with van der Waals surface area (Å²) in [5, 5.41) is 0. The predicted octanol–water partition coefficient (Wildman–Crippen LogP) is 5.04. The van der Waals surface area contributed by atoms with E-state index in [0.29, 0.717) is 5.56 Å². The number of hydrogen-bond acceptors (Lipinski definition) is 2. The van der Waals surface area contributed by atoms with Crippen LogP contribution in [0.5, 0.6) is 0 Å². The van der Waals surface area contributed by atoms with Crippen LogP contribution in [0.1, 0.15) is 63.7 Å². The van der Waals surface area contributed by atoms with E-state index < -0.39 is 0 Å². The molecule has 1 atom stereocenters. The number of methoxy groups -OCH3 is 1. The highest BCUT2D eigenvalue weighted by atomic mass is 16.5. The number of ether oxygens (including phenoxy) is 1. The number of nitrogens with zero attached hydrogens (tertiary/aromatic N) is 1. The zero-order valence-electron chi connectivity index (χ0n) is 15.2. The monoisotopic (exact) mass is 317 g/mol. The third-order valence-corrected chi connectivity index (χ3v) is 3.83. The number of carbonyl (C=O) groups is 1. The van der Waals surface area contributed by atoms with Crippen LogP contribution in [0.2, 0.25) is 0 Å². The van der Waals surface area contributed by atoms with Gasteiger partial charge in [-0.15, -0.1) is 0 Å². The van der Waals surface area contributed by atoms with Crippen LogP contribution in [-0.4, -0.2) is 29.7 Å². The normalized spacial score (nSPS) is 13.3. The molecule has 1 amide bonds. The molecule has 23 heavy (non-hydrogen) atoms. The molecule has 0 aliphatic rings. The summed E-state index contributed by atoms with van der Waals surface area (Å²) in [4.78, 5) is 14.8. The Kier molecular flexibility index (Phi) is 8.04. The average Bonchev–Trinajstić information content (AvgIpc) is 2.52. The molecule has 0 bridgehead atoms. The zero-order chi connectivity index (χ0) is 17.3. The number of allylic oxidation sites excluding steroid dienone is 2. The van der Waals surface area contributed by atoms with Gasteiger partial charge in [0.25, 0.3) is 5.91 Å². The van der Waals surface area contributed by atoms with E-state index in [1.807, 2.05) is 42.2 Å². The summed E-state index contributed by atoms with van der Waals surface area (Å²) >= 11 is 0. The van der Waals surface area contributed by atoms with Crippen LogP contribution in [0.15, 0.2) is 42.5 Å². The molecule has 0 N–H and O–H groups in total. The Morgan fingerprint density at radius 1 is 1.22 bits per heavy atom. The molecule has 1 rings (SSSR count). The Morgan fingerprint density at radius 3 is 2.39 bits per heavy atom. The Morgan fingerprint density at radius 2 is 1.87 bits per heavy atom. The molecule has 3 heteroatoms. The van der Waals surface area contributed by atoms with Gasteiger partial charge in [0.15, 0.2) is 0 Å². The highest BCUT2D eigenvalue weighted by Gasteiger charge is 2.33. The molecular formula is C20H31NO2. The molecule has 0 spiro atoms. The van der Waals surface area contributed by atoms with Gasteiger partial charge in [-0.1, -0.05) is 30.4 Å². The minimum Gasteiger partial charge on any atom is -0.362 e. The number of carbonyl (C=O) groups excluding carboxylic acids is 1. The van der Waals surface area contributed by atoms with Crippen LogP contribution >= 0.6 is 0 Å². The van der Waals surface area contributed by atoms with Crippen LogP contribution < -0.4 is 0 Å². The lowest BCUT2D eigenvalue weighted by molar-refractivity contribution is -0.0607. The summed E-state index contributed by atoms with van der Waals surface area (Å²) in [5.74, 6) is 0.0263. The molecule has 1 aromatic carbocycles. The maximum absolute atomic E-state index is 13.0. The van der Waals surface area contributed by atoms with E-state index in [9.17, 15) is 4.79 Å². The Hall–Kier alpha value is -1.61. The van der Waals surface area contributed by atoms with Gasteiger partial charge in [-0.25, -0.2) is 0 Å². The Bertz CT molecular complexity index is 488. The summed E-state index contributed by atoms with van der Waals surface area (Å²) in [6.07, 6.45) is 8.14. The van der Waals surface area contributed by atoms with E-state index in [0.717, 1.165) is 25.7 Å². The standard InChI is InChI=1S/C20H31NO2/c1-6-7-8-9-13-16-18(23-5)21(20(2,3)4)19(22)17-14-11-10-12-15-17/h6-7,10-12,14-15,18H,8-9,13,16H2,1-5H3/b7-6+. The van der Waals surface area contributed by atoms with Gasteiger partial charge in [-0.2, -0.15) is 0 Å². The second-order valence-corrected chi connectivity index (χ2v) is 6.76. The first-order valence-corrected chi connectivity index (χ1v) is 8.44. The van der Waals surface area contributed by atoms with Crippen molar-refractivity contribution in [3.8, 4) is 0 Å². The highest BCUT2D eigenvalue weighted by molar-refractivity contribution is 5.94. The van der Waals surface area contributed by atoms with Crippen molar-refractivity contribution in [2.45, 2.75) is 65.1 Å². The molecule has 0 aliphatic carbocycles. The van der Waals surface area contributed by atoms with Crippen LogP contribution in [0, 0.1) is 0 Å². The predicted molar refractivity (Wildman–Crippen MR) is 96.4 cm³/mol. The van der Waals surface area contributed by atoms with E-state index in [1.54, 1.807) is 7.11 Å². The fourth-order valence-electron chi connectivity index (χ4n) is 2.69. The minimum atomic E-state index is -0.295. The van der Waals surface area contributed by atoms with E-state index in [2.05, 4.69) is 32.9 Å². The van der Waals surface area contributed by atoms with Gasteiger partial charge in [0.05, 0.1) is 0 Å². The topological polar surface area (TPSA) is 29.5 Å². The van der Waals surface area contributed by atoms with Gasteiger partial charge in [0.2, 0.25) is 0 Å². The first-order valence-electron chi connectivity index (χ1n) is 8.44. The van der Waals surface area contributed by atoms with Crippen molar-refractivity contribution in [2.24, 2.45) is 0 Å². The molecule has 0 saturated heterocycles. The first kappa shape index (κ1) is 19.4. The highest BCUT2D eigenvalue weighted by Crippen LogP contribution is 2.24. The quantitative estimate of drug-likeness (QED) is 0.382. The van der Waals surface area contributed by atoms with Gasteiger partial charge in [0, 0.05) is 18.2 Å². The van der Waals surface area contributed by atoms with Crippen LogP contribution in [0.4, 0.5) is 0 Å². The van der Waals surface area contributed by atoms with Crippen LogP contribution in [0.3, 0.4) is 0 Å². The Labute approximate surface area is 141 Å². The summed E-state index contributed by atoms with van der Waals surface area (Å²) in [6, 6.07) is 9.44. The fraction of sp³-hybridized carbons (Fsp3) is 0.550. The second-order valence-electron chi connectivity index (χ2n) is 6.76. The van der Waals surface area contributed by atoms with E-state index in [4.69, 9.17) is 4.74 Å². The van der Waals surface area contributed by atoms with Gasteiger partial charge in [-0.05, 0) is 65.5 Å². The first-order chi connectivity index (χ1) is 10.9. The van der Waals surface area contributed by atoms with Crippen molar-refractivity contribution in [3.05, 3.63) is 48.0 Å². The zero-order valence-corrected chi connectivity index (χ0v) is 15.2. The van der Waals surface area contributed by atoms with Crippen LogP contribution in [-0.2, 0) is 4.74 Å². The number of hydrogen-bond donors (Lipinski definition) is 0. The average molecular weight is 317 g/mol. The van der Waals surface area contributed by atoms with Gasteiger partial charge < -0.3 is 9.64 Å². The van der Waals surface area contributed by atoms with Crippen molar-refractivity contribution in [1.29, 1.82) is 0 Å². The lowest BCUT2D eigenvalue weighted by Crippen LogP contribution is -2.52. The molecule has 0 aliphatic heterocycles. The van der Waals surface area contributed by atoms with E-state index >= 15 is 0 Å². The van der Waals surface area contributed by atoms with E-state index in [-0.39, 0.29) is 17.7 Å². The second kappa shape index (κ2) is 9.51. The van der Waals surface area contributed by atoms with Crippen molar-refractivity contribution >= 4 is 5.91 Å². The molecule has 0 fully saturated rings. The van der Waals surface area contributed by atoms with Gasteiger partial charge in [0.1, 0.15) is 6.23 Å². The molecule has 0 saturated carbocycles. The molecule has 1 aromatic rings. The minimum absolute atomic E-state index is 0.0263. The third-order valence-electron chi connectivity index (χ3n) is 3.83. The van der Waals surface area contributed by atoms with Gasteiger partial charge >= 0.3 is 0 Å². The summed E-state index contributed by atoms with van der Waals surface area (Å²) in [7, 11) is 1.69. The molecule has 128 valence electrons. The smallest absolute Gasteiger partial charge is 0.256 e. The van der Waals surface area contributed by atoms with Gasteiger partial charge in [-0.3, -0.25) is 4.79 Å².